The largest absolute Gasteiger partial charge is 0.250 e. The van der Waals surface area contributed by atoms with E-state index in [0.29, 0.717) is 0 Å². The summed E-state index contributed by atoms with van der Waals surface area (Å²) in [4.78, 5) is 8.56. The Kier molecular flexibility index (Phi) is 3.10. The first-order valence-electron chi connectivity index (χ1n) is 5.41. The van der Waals surface area contributed by atoms with E-state index in [9.17, 15) is 0 Å². The second-order valence-electron chi connectivity index (χ2n) is 3.98. The molecule has 86 valence electrons. The molecule has 16 heavy (non-hydrogen) atoms. The standard InChI is InChI=1S/C11H15ClN4/c1-4-9(12)7(2)10-8-5-15-16(3)11(8)14-6-13-10/h5-7,9H,4H2,1-3H3. The molecule has 4 nitrogen and oxygen atoms in total. The highest BCUT2D eigenvalue weighted by molar-refractivity contribution is 6.21. The molecule has 5 heteroatoms. The molecule has 0 bridgehead atoms. The summed E-state index contributed by atoms with van der Waals surface area (Å²) in [5, 5.41) is 5.29. The lowest BCUT2D eigenvalue weighted by Gasteiger charge is -2.15. The number of halogens is 1. The third kappa shape index (κ3) is 1.78. The third-order valence-electron chi connectivity index (χ3n) is 2.92. The minimum Gasteiger partial charge on any atom is -0.250 e. The van der Waals surface area contributed by atoms with E-state index >= 15 is 0 Å². The molecule has 0 fully saturated rings. The fourth-order valence-corrected chi connectivity index (χ4v) is 1.99. The molecular formula is C11H15ClN4. The summed E-state index contributed by atoms with van der Waals surface area (Å²) < 4.78 is 1.75. The van der Waals surface area contributed by atoms with Gasteiger partial charge in [0.1, 0.15) is 6.33 Å². The molecule has 2 atom stereocenters. The highest BCUT2D eigenvalue weighted by atomic mass is 35.5. The zero-order valence-corrected chi connectivity index (χ0v) is 10.4. The summed E-state index contributed by atoms with van der Waals surface area (Å²) in [5.41, 5.74) is 1.84. The van der Waals surface area contributed by atoms with Crippen molar-refractivity contribution in [2.24, 2.45) is 7.05 Å². The van der Waals surface area contributed by atoms with Crippen LogP contribution in [0.25, 0.3) is 11.0 Å². The van der Waals surface area contributed by atoms with E-state index in [1.54, 1.807) is 17.2 Å². The van der Waals surface area contributed by atoms with Crippen molar-refractivity contribution in [3.8, 4) is 0 Å². The Morgan fingerprint density at radius 1 is 1.44 bits per heavy atom. The smallest absolute Gasteiger partial charge is 0.161 e. The van der Waals surface area contributed by atoms with E-state index in [1.165, 1.54) is 0 Å². The molecule has 2 aromatic rings. The van der Waals surface area contributed by atoms with Crippen LogP contribution < -0.4 is 0 Å². The Hall–Kier alpha value is -1.16. The fraction of sp³-hybridized carbons (Fsp3) is 0.545. The van der Waals surface area contributed by atoms with Crippen molar-refractivity contribution in [1.82, 2.24) is 19.7 Å². The molecule has 0 aliphatic heterocycles. The van der Waals surface area contributed by atoms with Gasteiger partial charge in [0.2, 0.25) is 0 Å². The lowest BCUT2D eigenvalue weighted by molar-refractivity contribution is 0.660. The second-order valence-corrected chi connectivity index (χ2v) is 4.54. The first-order valence-corrected chi connectivity index (χ1v) is 5.85. The van der Waals surface area contributed by atoms with Crippen LogP contribution in [0.4, 0.5) is 0 Å². The van der Waals surface area contributed by atoms with Crippen molar-refractivity contribution in [3.63, 3.8) is 0 Å². The highest BCUT2D eigenvalue weighted by Crippen LogP contribution is 2.28. The van der Waals surface area contributed by atoms with Gasteiger partial charge in [-0.25, -0.2) is 9.97 Å². The monoisotopic (exact) mass is 238 g/mol. The van der Waals surface area contributed by atoms with Gasteiger partial charge < -0.3 is 0 Å². The van der Waals surface area contributed by atoms with Gasteiger partial charge in [-0.3, -0.25) is 4.68 Å². The van der Waals surface area contributed by atoms with Gasteiger partial charge in [-0.1, -0.05) is 13.8 Å². The van der Waals surface area contributed by atoms with E-state index in [0.717, 1.165) is 23.1 Å². The van der Waals surface area contributed by atoms with Crippen LogP contribution in [0.1, 0.15) is 31.9 Å². The van der Waals surface area contributed by atoms with Gasteiger partial charge >= 0.3 is 0 Å². The van der Waals surface area contributed by atoms with E-state index in [1.807, 2.05) is 7.05 Å². The minimum absolute atomic E-state index is 0.0957. The average molecular weight is 239 g/mol. The number of nitrogens with zero attached hydrogens (tertiary/aromatic N) is 4. The first kappa shape index (κ1) is 11.3. The fourth-order valence-electron chi connectivity index (χ4n) is 1.87. The number of rotatable bonds is 3. The molecule has 2 aromatic heterocycles. The lowest BCUT2D eigenvalue weighted by atomic mass is 9.99. The summed E-state index contributed by atoms with van der Waals surface area (Å²) in [6.07, 6.45) is 4.31. The SMILES string of the molecule is CCC(Cl)C(C)c1ncnc2c1cnn2C. The molecule has 0 N–H and O–H groups in total. The van der Waals surface area contributed by atoms with Crippen molar-refractivity contribution in [2.75, 3.05) is 0 Å². The number of aromatic nitrogens is 4. The van der Waals surface area contributed by atoms with Crippen molar-refractivity contribution >= 4 is 22.6 Å². The molecule has 0 spiro atoms. The molecule has 2 unspecified atom stereocenters. The molecular weight excluding hydrogens is 224 g/mol. The Morgan fingerprint density at radius 3 is 2.88 bits per heavy atom. The molecule has 0 radical (unpaired) electrons. The zero-order valence-electron chi connectivity index (χ0n) is 9.68. The van der Waals surface area contributed by atoms with Crippen molar-refractivity contribution in [1.29, 1.82) is 0 Å². The Labute approximate surface area is 99.7 Å². The average Bonchev–Trinajstić information content (AvgIpc) is 2.69. The van der Waals surface area contributed by atoms with Gasteiger partial charge in [-0.15, -0.1) is 11.6 Å². The summed E-state index contributed by atoms with van der Waals surface area (Å²) in [7, 11) is 1.88. The van der Waals surface area contributed by atoms with Crippen LogP contribution in [0.3, 0.4) is 0 Å². The highest BCUT2D eigenvalue weighted by Gasteiger charge is 2.19. The molecule has 2 heterocycles. The van der Waals surface area contributed by atoms with Crippen molar-refractivity contribution in [2.45, 2.75) is 31.6 Å². The van der Waals surface area contributed by atoms with E-state index in [-0.39, 0.29) is 11.3 Å². The molecule has 0 aliphatic rings. The summed E-state index contributed by atoms with van der Waals surface area (Å²) in [5.74, 6) is 0.210. The maximum Gasteiger partial charge on any atom is 0.161 e. The topological polar surface area (TPSA) is 43.6 Å². The zero-order chi connectivity index (χ0) is 11.7. The predicted molar refractivity (Wildman–Crippen MR) is 64.7 cm³/mol. The van der Waals surface area contributed by atoms with Crippen molar-refractivity contribution in [3.05, 3.63) is 18.2 Å². The van der Waals surface area contributed by atoms with Gasteiger partial charge in [0.15, 0.2) is 5.65 Å². The molecule has 0 aromatic carbocycles. The number of hydrogen-bond acceptors (Lipinski definition) is 3. The van der Waals surface area contributed by atoms with E-state index in [2.05, 4.69) is 28.9 Å². The summed E-state index contributed by atoms with van der Waals surface area (Å²) in [6, 6.07) is 0. The quantitative estimate of drug-likeness (QED) is 0.772. The van der Waals surface area contributed by atoms with Gasteiger partial charge in [-0.05, 0) is 6.42 Å². The second kappa shape index (κ2) is 4.37. The molecule has 0 saturated heterocycles. The maximum atomic E-state index is 6.27. The van der Waals surface area contributed by atoms with Crippen LogP contribution in [-0.2, 0) is 7.05 Å². The number of aryl methyl sites for hydroxylation is 1. The number of hydrogen-bond donors (Lipinski definition) is 0. The van der Waals surface area contributed by atoms with Gasteiger partial charge in [0, 0.05) is 18.3 Å². The van der Waals surface area contributed by atoms with E-state index < -0.39 is 0 Å². The Balaban J connectivity index is 2.52. The number of alkyl halides is 1. The van der Waals surface area contributed by atoms with Crippen LogP contribution >= 0.6 is 11.6 Å². The third-order valence-corrected chi connectivity index (χ3v) is 3.61. The normalized spacial score (nSPS) is 15.2. The Bertz CT molecular complexity index is 494. The van der Waals surface area contributed by atoms with Gasteiger partial charge in [0.05, 0.1) is 17.3 Å². The molecule has 0 saturated carbocycles. The van der Waals surface area contributed by atoms with Crippen molar-refractivity contribution < 1.29 is 0 Å². The van der Waals surface area contributed by atoms with Gasteiger partial charge in [0.25, 0.3) is 0 Å². The molecule has 2 rings (SSSR count). The predicted octanol–water partition coefficient (Wildman–Crippen LogP) is 2.48. The van der Waals surface area contributed by atoms with Crippen LogP contribution in [0.15, 0.2) is 12.5 Å². The van der Waals surface area contributed by atoms with Gasteiger partial charge in [-0.2, -0.15) is 5.10 Å². The van der Waals surface area contributed by atoms with Crippen LogP contribution in [0.2, 0.25) is 0 Å². The van der Waals surface area contributed by atoms with Crippen LogP contribution in [-0.4, -0.2) is 25.1 Å². The maximum absolute atomic E-state index is 6.27. The minimum atomic E-state index is 0.0957. The molecule has 0 amide bonds. The lowest BCUT2D eigenvalue weighted by Crippen LogP contribution is -2.10. The first-order chi connectivity index (χ1) is 7.65. The molecule has 0 aliphatic carbocycles. The van der Waals surface area contributed by atoms with Crippen LogP contribution in [0, 0.1) is 0 Å². The summed E-state index contributed by atoms with van der Waals surface area (Å²) in [6.45, 7) is 4.17. The Morgan fingerprint density at radius 2 is 2.19 bits per heavy atom. The number of fused-ring (bicyclic) bond motifs is 1. The van der Waals surface area contributed by atoms with E-state index in [4.69, 9.17) is 11.6 Å². The summed E-state index contributed by atoms with van der Waals surface area (Å²) >= 11 is 6.27. The van der Waals surface area contributed by atoms with Crippen LogP contribution in [0.5, 0.6) is 0 Å².